The first kappa shape index (κ1) is 21.4. The molecule has 0 saturated heterocycles. The SMILES string of the molecule is COc1ccc(OC)c(/C=N/n2c(SCc3ccc(Br)cc3)nnc2C(C)C)c1. The van der Waals surface area contributed by atoms with Crippen LogP contribution in [0.2, 0.25) is 0 Å². The van der Waals surface area contributed by atoms with E-state index in [1.807, 2.05) is 30.3 Å². The van der Waals surface area contributed by atoms with Gasteiger partial charge in [-0.2, -0.15) is 9.78 Å². The van der Waals surface area contributed by atoms with E-state index >= 15 is 0 Å². The number of hydrogen-bond donors (Lipinski definition) is 0. The summed E-state index contributed by atoms with van der Waals surface area (Å²) in [6, 6.07) is 13.8. The Labute approximate surface area is 183 Å². The summed E-state index contributed by atoms with van der Waals surface area (Å²) in [5, 5.41) is 14.1. The van der Waals surface area contributed by atoms with Crippen LogP contribution in [-0.2, 0) is 5.75 Å². The molecule has 3 aromatic rings. The molecule has 0 spiro atoms. The van der Waals surface area contributed by atoms with Crippen LogP contribution in [0.25, 0.3) is 0 Å². The first-order valence-corrected chi connectivity index (χ1v) is 10.9. The van der Waals surface area contributed by atoms with E-state index in [1.54, 1.807) is 36.9 Å². The van der Waals surface area contributed by atoms with Crippen LogP contribution in [-0.4, -0.2) is 35.3 Å². The van der Waals surface area contributed by atoms with Gasteiger partial charge < -0.3 is 9.47 Å². The van der Waals surface area contributed by atoms with Crippen molar-refractivity contribution in [3.05, 3.63) is 63.9 Å². The van der Waals surface area contributed by atoms with Gasteiger partial charge in [0.15, 0.2) is 5.82 Å². The van der Waals surface area contributed by atoms with Crippen molar-refractivity contribution in [1.82, 2.24) is 14.9 Å². The molecule has 152 valence electrons. The molecule has 0 atom stereocenters. The van der Waals surface area contributed by atoms with Gasteiger partial charge in [-0.1, -0.05) is 53.7 Å². The molecule has 8 heteroatoms. The molecular formula is C21H23BrN4O2S. The predicted molar refractivity (Wildman–Crippen MR) is 120 cm³/mol. The Hall–Kier alpha value is -2.32. The number of rotatable bonds is 8. The van der Waals surface area contributed by atoms with Gasteiger partial charge in [0.1, 0.15) is 11.5 Å². The van der Waals surface area contributed by atoms with Gasteiger partial charge in [-0.25, -0.2) is 0 Å². The summed E-state index contributed by atoms with van der Waals surface area (Å²) in [4.78, 5) is 0. The van der Waals surface area contributed by atoms with Crippen molar-refractivity contribution in [2.75, 3.05) is 14.2 Å². The number of thioether (sulfide) groups is 1. The number of nitrogens with zero attached hydrogens (tertiary/aromatic N) is 4. The molecule has 1 heterocycles. The topological polar surface area (TPSA) is 61.5 Å². The largest absolute Gasteiger partial charge is 0.497 e. The van der Waals surface area contributed by atoms with Gasteiger partial charge in [-0.05, 0) is 35.9 Å². The van der Waals surface area contributed by atoms with E-state index in [4.69, 9.17) is 9.47 Å². The second kappa shape index (κ2) is 9.93. The van der Waals surface area contributed by atoms with Crippen molar-refractivity contribution in [2.45, 2.75) is 30.7 Å². The molecule has 0 fully saturated rings. The third kappa shape index (κ3) is 5.39. The lowest BCUT2D eigenvalue weighted by Gasteiger charge is -2.09. The van der Waals surface area contributed by atoms with Crippen molar-refractivity contribution in [3.8, 4) is 11.5 Å². The fourth-order valence-corrected chi connectivity index (χ4v) is 3.74. The molecule has 6 nitrogen and oxygen atoms in total. The standard InChI is InChI=1S/C21H23BrN4O2S/c1-14(2)20-24-25-21(29-13-15-5-7-17(22)8-6-15)26(20)23-12-16-11-18(27-3)9-10-19(16)28-4/h5-12,14H,13H2,1-4H3/b23-12+. The highest BCUT2D eigenvalue weighted by Gasteiger charge is 2.15. The first-order valence-electron chi connectivity index (χ1n) is 9.10. The zero-order valence-corrected chi connectivity index (χ0v) is 19.2. The maximum absolute atomic E-state index is 5.44. The third-order valence-electron chi connectivity index (χ3n) is 4.18. The minimum absolute atomic E-state index is 0.189. The highest BCUT2D eigenvalue weighted by Crippen LogP contribution is 2.26. The quantitative estimate of drug-likeness (QED) is 0.325. The lowest BCUT2D eigenvalue weighted by Crippen LogP contribution is -2.03. The van der Waals surface area contributed by atoms with Gasteiger partial charge in [0.25, 0.3) is 0 Å². The van der Waals surface area contributed by atoms with Crippen LogP contribution in [0.1, 0.15) is 36.7 Å². The Morgan fingerprint density at radius 3 is 2.52 bits per heavy atom. The molecule has 0 saturated carbocycles. The summed E-state index contributed by atoms with van der Waals surface area (Å²) < 4.78 is 13.6. The Balaban J connectivity index is 1.88. The van der Waals surface area contributed by atoms with Gasteiger partial charge in [0.2, 0.25) is 5.16 Å². The molecule has 2 aromatic carbocycles. The van der Waals surface area contributed by atoms with Gasteiger partial charge in [0.05, 0.1) is 20.4 Å². The maximum atomic E-state index is 5.44. The average Bonchev–Trinajstić information content (AvgIpc) is 3.14. The number of ether oxygens (including phenoxy) is 2. The summed E-state index contributed by atoms with van der Waals surface area (Å²) in [5.74, 6) is 3.24. The van der Waals surface area contributed by atoms with Gasteiger partial charge in [0, 0.05) is 21.7 Å². The predicted octanol–water partition coefficient (Wildman–Crippen LogP) is 5.36. The lowest BCUT2D eigenvalue weighted by atomic mass is 10.2. The van der Waals surface area contributed by atoms with Crippen molar-refractivity contribution in [2.24, 2.45) is 5.10 Å². The van der Waals surface area contributed by atoms with Gasteiger partial charge >= 0.3 is 0 Å². The second-order valence-electron chi connectivity index (χ2n) is 6.57. The van der Waals surface area contributed by atoms with E-state index in [0.717, 1.165) is 38.3 Å². The van der Waals surface area contributed by atoms with Crippen LogP contribution >= 0.6 is 27.7 Å². The van der Waals surface area contributed by atoms with Crippen LogP contribution < -0.4 is 9.47 Å². The molecule has 0 unspecified atom stereocenters. The number of halogens is 1. The number of benzene rings is 2. The molecule has 3 rings (SSSR count). The van der Waals surface area contributed by atoms with Crippen molar-refractivity contribution >= 4 is 33.9 Å². The van der Waals surface area contributed by atoms with Crippen LogP contribution in [0.4, 0.5) is 0 Å². The van der Waals surface area contributed by atoms with E-state index in [2.05, 4.69) is 57.2 Å². The minimum Gasteiger partial charge on any atom is -0.497 e. The van der Waals surface area contributed by atoms with Crippen molar-refractivity contribution in [3.63, 3.8) is 0 Å². The fourth-order valence-electron chi connectivity index (χ4n) is 2.62. The number of methoxy groups -OCH3 is 2. The highest BCUT2D eigenvalue weighted by molar-refractivity contribution is 9.10. The van der Waals surface area contributed by atoms with Crippen LogP contribution in [0.3, 0.4) is 0 Å². The molecule has 1 aromatic heterocycles. The molecule has 0 aliphatic heterocycles. The normalized spacial score (nSPS) is 11.4. The Kier molecular flexibility index (Phi) is 7.33. The molecule has 0 aliphatic rings. The van der Waals surface area contributed by atoms with Crippen molar-refractivity contribution in [1.29, 1.82) is 0 Å². The Morgan fingerprint density at radius 2 is 1.86 bits per heavy atom. The fraction of sp³-hybridized carbons (Fsp3) is 0.286. The van der Waals surface area contributed by atoms with Gasteiger partial charge in [-0.15, -0.1) is 10.2 Å². The number of hydrogen-bond acceptors (Lipinski definition) is 6. The Morgan fingerprint density at radius 1 is 1.10 bits per heavy atom. The van der Waals surface area contributed by atoms with E-state index in [-0.39, 0.29) is 5.92 Å². The molecular weight excluding hydrogens is 452 g/mol. The van der Waals surface area contributed by atoms with Crippen LogP contribution in [0, 0.1) is 0 Å². The summed E-state index contributed by atoms with van der Waals surface area (Å²) in [6.07, 6.45) is 1.75. The van der Waals surface area contributed by atoms with E-state index in [0.29, 0.717) is 0 Å². The minimum atomic E-state index is 0.189. The monoisotopic (exact) mass is 474 g/mol. The smallest absolute Gasteiger partial charge is 0.212 e. The second-order valence-corrected chi connectivity index (χ2v) is 8.43. The molecule has 0 amide bonds. The Bertz CT molecular complexity index is 987. The third-order valence-corrected chi connectivity index (χ3v) is 5.70. The highest BCUT2D eigenvalue weighted by atomic mass is 79.9. The first-order chi connectivity index (χ1) is 14.0. The lowest BCUT2D eigenvalue weighted by molar-refractivity contribution is 0.402. The van der Waals surface area contributed by atoms with Crippen LogP contribution in [0.5, 0.6) is 11.5 Å². The van der Waals surface area contributed by atoms with Gasteiger partial charge in [-0.3, -0.25) is 0 Å². The molecule has 0 aliphatic carbocycles. The molecule has 0 radical (unpaired) electrons. The average molecular weight is 475 g/mol. The van der Waals surface area contributed by atoms with E-state index in [1.165, 1.54) is 5.56 Å². The molecule has 0 bridgehead atoms. The van der Waals surface area contributed by atoms with Crippen molar-refractivity contribution < 1.29 is 9.47 Å². The maximum Gasteiger partial charge on any atom is 0.212 e. The summed E-state index contributed by atoms with van der Waals surface area (Å²) in [6.45, 7) is 4.15. The zero-order chi connectivity index (χ0) is 20.8. The molecule has 29 heavy (non-hydrogen) atoms. The summed E-state index contributed by atoms with van der Waals surface area (Å²) in [5.41, 5.74) is 2.02. The summed E-state index contributed by atoms with van der Waals surface area (Å²) in [7, 11) is 3.27. The molecule has 0 N–H and O–H groups in total. The van der Waals surface area contributed by atoms with E-state index in [9.17, 15) is 0 Å². The summed E-state index contributed by atoms with van der Waals surface area (Å²) >= 11 is 5.07. The zero-order valence-electron chi connectivity index (χ0n) is 16.8. The van der Waals surface area contributed by atoms with Crippen LogP contribution in [0.15, 0.2) is 57.2 Å². The van der Waals surface area contributed by atoms with E-state index < -0.39 is 0 Å². The number of aromatic nitrogens is 3.